The maximum absolute atomic E-state index is 12.9. The van der Waals surface area contributed by atoms with E-state index in [1.807, 2.05) is 29.2 Å². The average molecular weight is 498 g/mol. The summed E-state index contributed by atoms with van der Waals surface area (Å²) in [6.07, 6.45) is 0.510. The summed E-state index contributed by atoms with van der Waals surface area (Å²) in [6.45, 7) is 5.69. The highest BCUT2D eigenvalue weighted by Gasteiger charge is 2.35. The molecule has 0 spiro atoms. The Morgan fingerprint density at radius 3 is 2.38 bits per heavy atom. The Morgan fingerprint density at radius 2 is 1.74 bits per heavy atom. The molecule has 0 aliphatic carbocycles. The molecule has 3 aliphatic heterocycles. The molecule has 10 heteroatoms. The third kappa shape index (κ3) is 6.73. The summed E-state index contributed by atoms with van der Waals surface area (Å²) in [4.78, 5) is 22.7. The van der Waals surface area contributed by atoms with Crippen LogP contribution in [0.2, 0.25) is 5.02 Å². The van der Waals surface area contributed by atoms with Crippen LogP contribution in [0.15, 0.2) is 41.0 Å². The van der Waals surface area contributed by atoms with Gasteiger partial charge in [-0.25, -0.2) is 0 Å². The number of rotatable bonds is 6. The predicted molar refractivity (Wildman–Crippen MR) is 128 cm³/mol. The SMILES string of the molecule is O=C(CCN1CCN(c2ccc(Cl)cc2)CC1)N1CCC(NC2C=C(C(F)(F)F)N=CC2)CC1. The standard InChI is InChI=1S/C24H31ClF3N5O/c25-18-1-3-21(4-2-18)32-15-13-31(14-16-32)10-8-23(34)33-11-6-19(7-12-33)30-20-5-9-29-22(17-20)24(26,27)28/h1-4,9,17,19-20,30H,5-8,10-16H2. The van der Waals surface area contributed by atoms with Crippen molar-refractivity contribution in [2.45, 2.75) is 43.9 Å². The lowest BCUT2D eigenvalue weighted by molar-refractivity contribution is -0.132. The zero-order chi connectivity index (χ0) is 24.1. The number of anilines is 1. The fourth-order valence-corrected chi connectivity index (χ4v) is 4.87. The van der Waals surface area contributed by atoms with Gasteiger partial charge < -0.3 is 15.1 Å². The Morgan fingerprint density at radius 1 is 1.06 bits per heavy atom. The molecule has 2 fully saturated rings. The zero-order valence-electron chi connectivity index (χ0n) is 19.1. The van der Waals surface area contributed by atoms with Crippen LogP contribution in [0.3, 0.4) is 0 Å². The summed E-state index contributed by atoms with van der Waals surface area (Å²) >= 11 is 5.97. The number of amides is 1. The molecule has 1 unspecified atom stereocenters. The number of piperazine rings is 1. The largest absolute Gasteiger partial charge is 0.433 e. The molecule has 186 valence electrons. The quantitative estimate of drug-likeness (QED) is 0.651. The van der Waals surface area contributed by atoms with Crippen molar-refractivity contribution in [2.24, 2.45) is 4.99 Å². The number of hydrogen-bond donors (Lipinski definition) is 1. The maximum atomic E-state index is 12.9. The first-order chi connectivity index (χ1) is 16.3. The lowest BCUT2D eigenvalue weighted by Gasteiger charge is -2.37. The molecule has 34 heavy (non-hydrogen) atoms. The van der Waals surface area contributed by atoms with E-state index in [1.54, 1.807) is 0 Å². The molecule has 4 rings (SSSR count). The summed E-state index contributed by atoms with van der Waals surface area (Å²) in [5, 5.41) is 4.03. The highest BCUT2D eigenvalue weighted by molar-refractivity contribution is 6.30. The van der Waals surface area contributed by atoms with Gasteiger partial charge in [0.05, 0.1) is 0 Å². The van der Waals surface area contributed by atoms with Crippen molar-refractivity contribution < 1.29 is 18.0 Å². The Labute approximate surface area is 203 Å². The number of aliphatic imine (C=N–C) groups is 1. The summed E-state index contributed by atoms with van der Waals surface area (Å²) in [5.41, 5.74) is 0.333. The number of carbonyl (C=O) groups is 1. The highest BCUT2D eigenvalue weighted by Crippen LogP contribution is 2.29. The van der Waals surface area contributed by atoms with Crippen molar-refractivity contribution in [1.82, 2.24) is 15.1 Å². The molecule has 6 nitrogen and oxygen atoms in total. The normalized spacial score (nSPS) is 22.7. The molecule has 1 amide bonds. The van der Waals surface area contributed by atoms with Gasteiger partial charge >= 0.3 is 6.18 Å². The molecule has 1 aromatic carbocycles. The number of carbonyl (C=O) groups excluding carboxylic acids is 1. The van der Waals surface area contributed by atoms with E-state index in [0.29, 0.717) is 25.9 Å². The van der Waals surface area contributed by atoms with Crippen LogP contribution >= 0.6 is 11.6 Å². The number of likely N-dealkylation sites (tertiary alicyclic amines) is 1. The molecule has 0 saturated carbocycles. The van der Waals surface area contributed by atoms with Crippen LogP contribution < -0.4 is 10.2 Å². The first-order valence-corrected chi connectivity index (χ1v) is 12.2. The third-order valence-electron chi connectivity index (χ3n) is 6.74. The van der Waals surface area contributed by atoms with Gasteiger partial charge in [0.15, 0.2) is 0 Å². The van der Waals surface area contributed by atoms with E-state index in [1.165, 1.54) is 18.0 Å². The minimum Gasteiger partial charge on any atom is -0.369 e. The van der Waals surface area contributed by atoms with Crippen molar-refractivity contribution >= 4 is 29.4 Å². The lowest BCUT2D eigenvalue weighted by atomic mass is 10.0. The van der Waals surface area contributed by atoms with Crippen LogP contribution in [0.25, 0.3) is 0 Å². The summed E-state index contributed by atoms with van der Waals surface area (Å²) in [6, 6.07) is 7.61. The summed E-state index contributed by atoms with van der Waals surface area (Å²) in [5.74, 6) is 0.155. The molecule has 1 atom stereocenters. The Balaban J connectivity index is 1.15. The van der Waals surface area contributed by atoms with E-state index < -0.39 is 11.9 Å². The molecule has 0 radical (unpaired) electrons. The number of alkyl halides is 3. The number of allylic oxidation sites excluding steroid dienone is 1. The summed E-state index contributed by atoms with van der Waals surface area (Å²) in [7, 11) is 0. The minimum absolute atomic E-state index is 0.104. The smallest absolute Gasteiger partial charge is 0.369 e. The van der Waals surface area contributed by atoms with Gasteiger partial charge in [0.25, 0.3) is 0 Å². The molecule has 1 aromatic rings. The van der Waals surface area contributed by atoms with Crippen LogP contribution in [0.4, 0.5) is 18.9 Å². The van der Waals surface area contributed by atoms with Crippen LogP contribution in [0.1, 0.15) is 25.7 Å². The van der Waals surface area contributed by atoms with Crippen molar-refractivity contribution in [1.29, 1.82) is 0 Å². The molecule has 0 aromatic heterocycles. The fourth-order valence-electron chi connectivity index (χ4n) is 4.74. The molecule has 0 bridgehead atoms. The maximum Gasteiger partial charge on any atom is 0.433 e. The van der Waals surface area contributed by atoms with Gasteiger partial charge in [-0.1, -0.05) is 11.6 Å². The Bertz CT molecular complexity index is 889. The van der Waals surface area contributed by atoms with Crippen molar-refractivity contribution in [3.63, 3.8) is 0 Å². The molecular weight excluding hydrogens is 467 g/mol. The van der Waals surface area contributed by atoms with Gasteiger partial charge in [0.1, 0.15) is 5.70 Å². The fraction of sp³-hybridized carbons (Fsp3) is 0.583. The van der Waals surface area contributed by atoms with Crippen LogP contribution in [0.5, 0.6) is 0 Å². The van der Waals surface area contributed by atoms with Gasteiger partial charge in [-0.3, -0.25) is 14.7 Å². The monoisotopic (exact) mass is 497 g/mol. The molecule has 1 N–H and O–H groups in total. The second kappa shape index (κ2) is 11.1. The first kappa shape index (κ1) is 25.0. The van der Waals surface area contributed by atoms with Crippen molar-refractivity contribution in [2.75, 3.05) is 50.7 Å². The summed E-state index contributed by atoms with van der Waals surface area (Å²) < 4.78 is 38.7. The Kier molecular flexibility index (Phi) is 8.16. The van der Waals surface area contributed by atoms with E-state index in [4.69, 9.17) is 11.6 Å². The van der Waals surface area contributed by atoms with Crippen molar-refractivity contribution in [3.05, 3.63) is 41.1 Å². The molecule has 2 saturated heterocycles. The van der Waals surface area contributed by atoms with Gasteiger partial charge in [-0.15, -0.1) is 0 Å². The van der Waals surface area contributed by atoms with E-state index in [-0.39, 0.29) is 18.0 Å². The van der Waals surface area contributed by atoms with Gasteiger partial charge in [-0.2, -0.15) is 13.2 Å². The average Bonchev–Trinajstić information content (AvgIpc) is 2.83. The zero-order valence-corrected chi connectivity index (χ0v) is 19.9. The molecule has 3 aliphatic rings. The first-order valence-electron chi connectivity index (χ1n) is 11.9. The van der Waals surface area contributed by atoms with Gasteiger partial charge in [0, 0.05) is 87.7 Å². The number of benzene rings is 1. The molecular formula is C24H31ClF3N5O. The lowest BCUT2D eigenvalue weighted by Crippen LogP contribution is -2.49. The Hall–Kier alpha value is -2.10. The van der Waals surface area contributed by atoms with Crippen molar-refractivity contribution in [3.8, 4) is 0 Å². The number of nitrogens with one attached hydrogen (secondary N) is 1. The van der Waals surface area contributed by atoms with Gasteiger partial charge in [0.2, 0.25) is 5.91 Å². The van der Waals surface area contributed by atoms with Crippen LogP contribution in [-0.2, 0) is 4.79 Å². The van der Waals surface area contributed by atoms with Crippen LogP contribution in [0, 0.1) is 0 Å². The number of nitrogens with zero attached hydrogens (tertiary/aromatic N) is 4. The number of hydrogen-bond acceptors (Lipinski definition) is 5. The van der Waals surface area contributed by atoms with E-state index in [0.717, 1.165) is 50.6 Å². The number of halogens is 4. The van der Waals surface area contributed by atoms with E-state index in [2.05, 4.69) is 20.1 Å². The topological polar surface area (TPSA) is 51.2 Å². The second-order valence-electron chi connectivity index (χ2n) is 9.08. The van der Waals surface area contributed by atoms with E-state index >= 15 is 0 Å². The molecule has 3 heterocycles. The highest BCUT2D eigenvalue weighted by atomic mass is 35.5. The van der Waals surface area contributed by atoms with Gasteiger partial charge in [-0.05, 0) is 43.2 Å². The number of piperidine rings is 1. The predicted octanol–water partition coefficient (Wildman–Crippen LogP) is 3.72. The van der Waals surface area contributed by atoms with Crippen LogP contribution in [-0.4, -0.2) is 86.0 Å². The third-order valence-corrected chi connectivity index (χ3v) is 6.99. The minimum atomic E-state index is -4.42. The second-order valence-corrected chi connectivity index (χ2v) is 9.52. The van der Waals surface area contributed by atoms with E-state index in [9.17, 15) is 18.0 Å².